The molecular weight excluding hydrogens is 645 g/mol. The number of rotatable bonds is 7. The predicted molar refractivity (Wildman–Crippen MR) is 168 cm³/mol. The van der Waals surface area contributed by atoms with Crippen molar-refractivity contribution in [1.29, 1.82) is 0 Å². The number of nitrogens with zero attached hydrogens (tertiary/aromatic N) is 1. The second-order valence-electron chi connectivity index (χ2n) is 16.5. The topological polar surface area (TPSA) is 131 Å². The Kier molecular flexibility index (Phi) is 8.54. The largest absolute Gasteiger partial charge is 0.549 e. The number of ether oxygens (including phenoxy) is 4. The van der Waals surface area contributed by atoms with Gasteiger partial charge in [0.2, 0.25) is 11.6 Å². The molecule has 0 aromatic rings. The van der Waals surface area contributed by atoms with Crippen LogP contribution in [0.3, 0.4) is 0 Å². The number of oxime groups is 1. The molecule has 10 fully saturated rings. The van der Waals surface area contributed by atoms with Crippen molar-refractivity contribution < 1.29 is 56.7 Å². The van der Waals surface area contributed by atoms with Crippen LogP contribution in [0.5, 0.6) is 0 Å². The molecule has 0 aromatic heterocycles. The third-order valence-electron chi connectivity index (χ3n) is 13.9. The Hall–Kier alpha value is -0.700. The van der Waals surface area contributed by atoms with Gasteiger partial charge in [-0.05, 0) is 87.9 Å². The average molecular weight is 700 g/mol. The predicted octanol–water partition coefficient (Wildman–Crippen LogP) is 6.65. The van der Waals surface area contributed by atoms with Gasteiger partial charge < -0.3 is 18.9 Å². The van der Waals surface area contributed by atoms with Gasteiger partial charge >= 0.3 is 7.82 Å². The quantitative estimate of drug-likeness (QED) is 0.122. The first-order valence-corrected chi connectivity index (χ1v) is 19.6. The Morgan fingerprint density at radius 3 is 1.77 bits per heavy atom. The van der Waals surface area contributed by atoms with Gasteiger partial charge in [0.15, 0.2) is 23.8 Å². The van der Waals surface area contributed by atoms with Crippen LogP contribution in [0, 0.1) is 47.3 Å². The smallest absolute Gasteiger partial charge is 0.345 e. The Morgan fingerprint density at radius 1 is 0.708 bits per heavy atom. The van der Waals surface area contributed by atoms with Crippen molar-refractivity contribution in [1.82, 2.24) is 0 Å². The molecule has 2 saturated carbocycles. The minimum Gasteiger partial charge on any atom is -0.345 e. The number of hydrogen-bond acceptors (Lipinski definition) is 13. The number of hydrogen-bond donors (Lipinski definition) is 0. The second kappa shape index (κ2) is 11.9. The third kappa shape index (κ3) is 5.00. The van der Waals surface area contributed by atoms with E-state index in [0.29, 0.717) is 30.4 Å². The maximum absolute atomic E-state index is 13.2. The van der Waals surface area contributed by atoms with Crippen LogP contribution in [-0.2, 0) is 56.7 Å². The molecular formula is C34H54NO12P. The van der Waals surface area contributed by atoms with Gasteiger partial charge in [-0.1, -0.05) is 32.9 Å². The van der Waals surface area contributed by atoms with E-state index in [9.17, 15) is 4.57 Å². The summed E-state index contributed by atoms with van der Waals surface area (Å²) in [6.07, 6.45) is 5.58. The van der Waals surface area contributed by atoms with E-state index in [4.69, 9.17) is 52.2 Å². The standard InChI is InChI=1S/C34H54NO12P/c1-18-9-11-24-20(3)27(39-29-33(24)22(18)13-15-31(5,41-29)43-45-33)17-26(35-47-48(36,37-7)38-8)28-21(4)25-12-10-19(2)23-14-16-32(6)42-30(40-28)34(23,25)46-44-32/h18-25,27-30H,9-17H2,1-8H3/b35-26-/t18?,19-,20-,21-,22+,23+,24+,25+,27-,28+,29-,30-,31+,32+,33-,34-/m1/s1. The molecule has 10 aliphatic rings. The van der Waals surface area contributed by atoms with E-state index < -0.39 is 49.3 Å². The summed E-state index contributed by atoms with van der Waals surface area (Å²) in [5, 5.41) is 4.55. The van der Waals surface area contributed by atoms with Crippen LogP contribution in [0.4, 0.5) is 0 Å². The van der Waals surface area contributed by atoms with Crippen molar-refractivity contribution >= 4 is 13.5 Å². The molecule has 2 spiro atoms. The molecule has 272 valence electrons. The lowest BCUT2D eigenvalue weighted by Gasteiger charge is -2.61. The first-order valence-electron chi connectivity index (χ1n) is 18.2. The van der Waals surface area contributed by atoms with Crippen LogP contribution in [0.1, 0.15) is 99.3 Å². The summed E-state index contributed by atoms with van der Waals surface area (Å²) >= 11 is 0. The fraction of sp³-hybridized carbons (Fsp3) is 0.971. The highest BCUT2D eigenvalue weighted by molar-refractivity contribution is 7.48. The van der Waals surface area contributed by atoms with E-state index in [1.54, 1.807) is 0 Å². The highest BCUT2D eigenvalue weighted by Gasteiger charge is 2.71. The van der Waals surface area contributed by atoms with Crippen LogP contribution >= 0.6 is 7.82 Å². The minimum atomic E-state index is -3.96. The molecule has 1 unspecified atom stereocenters. The lowest BCUT2D eigenvalue weighted by Crippen LogP contribution is -2.71. The molecule has 16 atom stereocenters. The molecule has 13 nitrogen and oxygen atoms in total. The summed E-state index contributed by atoms with van der Waals surface area (Å²) in [5.74, 6) is -0.250. The second-order valence-corrected chi connectivity index (χ2v) is 18.2. The molecule has 4 bridgehead atoms. The maximum atomic E-state index is 13.2. The van der Waals surface area contributed by atoms with Gasteiger partial charge in [-0.2, -0.15) is 0 Å². The number of phosphoric ester groups is 1. The molecule has 0 amide bonds. The van der Waals surface area contributed by atoms with Crippen molar-refractivity contribution in [3.8, 4) is 0 Å². The molecule has 8 saturated heterocycles. The van der Waals surface area contributed by atoms with Gasteiger partial charge in [-0.3, -0.25) is 13.7 Å². The van der Waals surface area contributed by atoms with E-state index in [1.165, 1.54) is 14.2 Å². The van der Waals surface area contributed by atoms with Gasteiger partial charge in [0.05, 0.1) is 11.8 Å². The molecule has 10 rings (SSSR count). The van der Waals surface area contributed by atoms with E-state index in [-0.39, 0.29) is 41.6 Å². The molecule has 8 heterocycles. The van der Waals surface area contributed by atoms with E-state index >= 15 is 0 Å². The van der Waals surface area contributed by atoms with Gasteiger partial charge in [0.1, 0.15) is 6.10 Å². The fourth-order valence-electron chi connectivity index (χ4n) is 11.2. The highest BCUT2D eigenvalue weighted by Crippen LogP contribution is 2.63. The zero-order valence-electron chi connectivity index (χ0n) is 29.6. The Labute approximate surface area is 283 Å². The van der Waals surface area contributed by atoms with Crippen LogP contribution in [0.15, 0.2) is 5.16 Å². The highest BCUT2D eigenvalue weighted by atomic mass is 31.2. The lowest BCUT2D eigenvalue weighted by molar-refractivity contribution is -0.571. The van der Waals surface area contributed by atoms with Gasteiger partial charge in [0.25, 0.3) is 0 Å². The molecule has 0 aromatic carbocycles. The van der Waals surface area contributed by atoms with Crippen LogP contribution in [-0.4, -0.2) is 67.5 Å². The van der Waals surface area contributed by atoms with E-state index in [2.05, 4.69) is 32.9 Å². The first-order chi connectivity index (χ1) is 22.8. The molecule has 0 N–H and O–H groups in total. The van der Waals surface area contributed by atoms with Gasteiger partial charge in [0, 0.05) is 45.3 Å². The summed E-state index contributed by atoms with van der Waals surface area (Å²) in [5.41, 5.74) is -0.875. The van der Waals surface area contributed by atoms with Crippen molar-refractivity contribution in [2.24, 2.45) is 52.5 Å². The summed E-state index contributed by atoms with van der Waals surface area (Å²) in [4.78, 5) is 24.8. The van der Waals surface area contributed by atoms with Crippen molar-refractivity contribution in [3.05, 3.63) is 0 Å². The van der Waals surface area contributed by atoms with Crippen molar-refractivity contribution in [3.63, 3.8) is 0 Å². The molecule has 2 aliphatic carbocycles. The van der Waals surface area contributed by atoms with Crippen molar-refractivity contribution in [2.45, 2.75) is 147 Å². The molecule has 48 heavy (non-hydrogen) atoms. The molecule has 0 radical (unpaired) electrons. The summed E-state index contributed by atoms with van der Waals surface area (Å²) in [6.45, 7) is 12.8. The van der Waals surface area contributed by atoms with Crippen LogP contribution in [0.25, 0.3) is 0 Å². The minimum absolute atomic E-state index is 0.0543. The maximum Gasteiger partial charge on any atom is 0.549 e. The van der Waals surface area contributed by atoms with Crippen molar-refractivity contribution in [2.75, 3.05) is 14.2 Å². The number of phosphoric acid groups is 1. The summed E-state index contributed by atoms with van der Waals surface area (Å²) < 4.78 is 56.2. The fourth-order valence-corrected chi connectivity index (χ4v) is 11.6. The summed E-state index contributed by atoms with van der Waals surface area (Å²) in [6, 6.07) is 0. The Balaban J connectivity index is 1.14. The average Bonchev–Trinajstić information content (AvgIpc) is 3.44. The third-order valence-corrected chi connectivity index (χ3v) is 15.1. The lowest BCUT2D eigenvalue weighted by atomic mass is 9.56. The molecule has 8 aliphatic heterocycles. The van der Waals surface area contributed by atoms with Gasteiger partial charge in [-0.15, -0.1) is 0 Å². The normalized spacial score (nSPS) is 54.5. The summed E-state index contributed by atoms with van der Waals surface area (Å²) in [7, 11) is -1.41. The number of fused-ring (bicyclic) bond motifs is 4. The monoisotopic (exact) mass is 699 g/mol. The van der Waals surface area contributed by atoms with E-state index in [1.807, 2.05) is 13.8 Å². The van der Waals surface area contributed by atoms with Crippen LogP contribution < -0.4 is 0 Å². The van der Waals surface area contributed by atoms with Gasteiger partial charge in [-0.25, -0.2) is 24.1 Å². The van der Waals surface area contributed by atoms with E-state index in [0.717, 1.165) is 44.9 Å². The van der Waals surface area contributed by atoms with Crippen LogP contribution in [0.2, 0.25) is 0 Å². The zero-order chi connectivity index (χ0) is 33.9. The Morgan fingerprint density at radius 2 is 1.23 bits per heavy atom. The first kappa shape index (κ1) is 34.4. The SMILES string of the molecule is COP(=O)(OC)O/N=C(/C[C@H]1O[C@@H]2O[C@]3(C)CC[C@H]4C(C)CC[C@@H]([C@H]1C)[C@@]24OO3)[C@H]1O[C@@H]2O[C@]3(C)CC[C@H]4[C@H](C)CC[C@@H]([C@H]1C)[C@@]24OO3. The zero-order valence-corrected chi connectivity index (χ0v) is 30.5. The Bertz CT molecular complexity index is 1330. The molecule has 14 heteroatoms.